The van der Waals surface area contributed by atoms with Gasteiger partial charge in [-0.3, -0.25) is 4.99 Å². The van der Waals surface area contributed by atoms with Crippen LogP contribution in [0.4, 0.5) is 0 Å². The minimum absolute atomic E-state index is 0.653. The monoisotopic (exact) mass is 311 g/mol. The van der Waals surface area contributed by atoms with Crippen LogP contribution in [0.5, 0.6) is 0 Å². The second-order valence-electron chi connectivity index (χ2n) is 6.60. The molecular formula is C18H37N3O. The lowest BCUT2D eigenvalue weighted by Crippen LogP contribution is -2.41. The lowest BCUT2D eigenvalue weighted by atomic mass is 9.97. The van der Waals surface area contributed by atoms with Gasteiger partial charge in [0.05, 0.1) is 6.61 Å². The smallest absolute Gasteiger partial charge is 0.193 e. The number of rotatable bonds is 10. The van der Waals surface area contributed by atoms with Gasteiger partial charge in [0.2, 0.25) is 0 Å². The fourth-order valence-corrected chi connectivity index (χ4v) is 3.11. The second-order valence-corrected chi connectivity index (χ2v) is 6.60. The molecule has 1 aliphatic heterocycles. The van der Waals surface area contributed by atoms with E-state index in [4.69, 9.17) is 9.73 Å². The Morgan fingerprint density at radius 3 is 2.68 bits per heavy atom. The maximum absolute atomic E-state index is 5.49. The van der Waals surface area contributed by atoms with E-state index in [0.29, 0.717) is 5.92 Å². The van der Waals surface area contributed by atoms with Gasteiger partial charge >= 0.3 is 0 Å². The van der Waals surface area contributed by atoms with Crippen molar-refractivity contribution in [3.63, 3.8) is 0 Å². The number of guanidine groups is 1. The summed E-state index contributed by atoms with van der Waals surface area (Å²) in [5.74, 6) is 2.45. The van der Waals surface area contributed by atoms with Crippen molar-refractivity contribution in [3.8, 4) is 0 Å². The molecule has 1 saturated heterocycles. The average molecular weight is 312 g/mol. The SMILES string of the molecule is CCCCC(CCC)CN=C(NCC)N(C)CC1CCOC1. The average Bonchev–Trinajstić information content (AvgIpc) is 3.01. The highest BCUT2D eigenvalue weighted by molar-refractivity contribution is 5.79. The molecule has 0 spiro atoms. The molecule has 4 nitrogen and oxygen atoms in total. The van der Waals surface area contributed by atoms with Gasteiger partial charge in [0.15, 0.2) is 5.96 Å². The number of hydrogen-bond acceptors (Lipinski definition) is 2. The third-order valence-corrected chi connectivity index (χ3v) is 4.41. The molecule has 22 heavy (non-hydrogen) atoms. The molecule has 0 radical (unpaired) electrons. The molecule has 1 rings (SSSR count). The summed E-state index contributed by atoms with van der Waals surface area (Å²) in [4.78, 5) is 7.20. The van der Waals surface area contributed by atoms with Crippen LogP contribution < -0.4 is 5.32 Å². The molecule has 0 aromatic carbocycles. The number of ether oxygens (including phenoxy) is 1. The van der Waals surface area contributed by atoms with E-state index in [1.54, 1.807) is 0 Å². The standard InChI is InChI=1S/C18H37N3O/c1-5-8-10-16(9-6-2)13-20-18(19-7-3)21(4)14-17-11-12-22-15-17/h16-17H,5-15H2,1-4H3,(H,19,20). The molecule has 1 fully saturated rings. The Labute approximate surface area is 137 Å². The first-order chi connectivity index (χ1) is 10.7. The van der Waals surface area contributed by atoms with Crippen LogP contribution in [0.2, 0.25) is 0 Å². The van der Waals surface area contributed by atoms with Crippen molar-refractivity contribution in [1.82, 2.24) is 10.2 Å². The van der Waals surface area contributed by atoms with Gasteiger partial charge in [-0.25, -0.2) is 0 Å². The summed E-state index contributed by atoms with van der Waals surface area (Å²) < 4.78 is 5.49. The third kappa shape index (κ3) is 7.48. The van der Waals surface area contributed by atoms with Gasteiger partial charge in [0, 0.05) is 39.2 Å². The Balaban J connectivity index is 2.53. The molecule has 4 heteroatoms. The van der Waals surface area contributed by atoms with Gasteiger partial charge in [-0.05, 0) is 32.1 Å². The number of aliphatic imine (C=N–C) groups is 1. The minimum atomic E-state index is 0.653. The predicted octanol–water partition coefficient (Wildman–Crippen LogP) is 3.53. The molecule has 1 N–H and O–H groups in total. The number of nitrogens with zero attached hydrogens (tertiary/aromatic N) is 2. The van der Waals surface area contributed by atoms with Gasteiger partial charge < -0.3 is 15.0 Å². The van der Waals surface area contributed by atoms with Gasteiger partial charge in [-0.1, -0.05) is 33.1 Å². The van der Waals surface area contributed by atoms with Crippen molar-refractivity contribution in [2.45, 2.75) is 59.3 Å². The zero-order chi connectivity index (χ0) is 16.2. The van der Waals surface area contributed by atoms with E-state index in [-0.39, 0.29) is 0 Å². The summed E-state index contributed by atoms with van der Waals surface area (Å²) >= 11 is 0. The van der Waals surface area contributed by atoms with E-state index >= 15 is 0 Å². The maximum Gasteiger partial charge on any atom is 0.193 e. The molecule has 1 heterocycles. The van der Waals surface area contributed by atoms with E-state index in [1.165, 1.54) is 38.5 Å². The topological polar surface area (TPSA) is 36.9 Å². The summed E-state index contributed by atoms with van der Waals surface area (Å²) in [6.45, 7) is 11.4. The van der Waals surface area contributed by atoms with Crippen LogP contribution >= 0.6 is 0 Å². The fraction of sp³-hybridized carbons (Fsp3) is 0.944. The van der Waals surface area contributed by atoms with Crippen LogP contribution in [0.25, 0.3) is 0 Å². The maximum atomic E-state index is 5.49. The molecule has 0 amide bonds. The molecular weight excluding hydrogens is 274 g/mol. The largest absolute Gasteiger partial charge is 0.381 e. The van der Waals surface area contributed by atoms with E-state index in [1.807, 2.05) is 0 Å². The summed E-state index contributed by atoms with van der Waals surface area (Å²) in [6, 6.07) is 0. The van der Waals surface area contributed by atoms with Gasteiger partial charge in [0.25, 0.3) is 0 Å². The molecule has 0 aliphatic carbocycles. The van der Waals surface area contributed by atoms with Crippen molar-refractivity contribution in [1.29, 1.82) is 0 Å². The molecule has 2 atom stereocenters. The lowest BCUT2D eigenvalue weighted by Gasteiger charge is -2.25. The van der Waals surface area contributed by atoms with E-state index in [2.05, 4.69) is 38.0 Å². The minimum Gasteiger partial charge on any atom is -0.381 e. The lowest BCUT2D eigenvalue weighted by molar-refractivity contribution is 0.181. The Morgan fingerprint density at radius 1 is 1.27 bits per heavy atom. The zero-order valence-corrected chi connectivity index (χ0v) is 15.2. The molecule has 0 saturated carbocycles. The molecule has 0 aromatic heterocycles. The zero-order valence-electron chi connectivity index (χ0n) is 15.2. The second kappa shape index (κ2) is 11.8. The Hall–Kier alpha value is -0.770. The van der Waals surface area contributed by atoms with Crippen molar-refractivity contribution < 1.29 is 4.74 Å². The van der Waals surface area contributed by atoms with E-state index < -0.39 is 0 Å². The Bertz CT molecular complexity index is 301. The molecule has 1 aliphatic rings. The molecule has 130 valence electrons. The van der Waals surface area contributed by atoms with Crippen molar-refractivity contribution in [2.24, 2.45) is 16.8 Å². The summed E-state index contributed by atoms with van der Waals surface area (Å²) in [5, 5.41) is 3.45. The quantitative estimate of drug-likeness (QED) is 0.495. The van der Waals surface area contributed by atoms with Gasteiger partial charge in [0.1, 0.15) is 0 Å². The van der Waals surface area contributed by atoms with E-state index in [9.17, 15) is 0 Å². The van der Waals surface area contributed by atoms with Crippen LogP contribution in [-0.4, -0.2) is 50.8 Å². The molecule has 2 unspecified atom stereocenters. The highest BCUT2D eigenvalue weighted by atomic mass is 16.5. The number of hydrogen-bond donors (Lipinski definition) is 1. The first-order valence-corrected chi connectivity index (χ1v) is 9.28. The first-order valence-electron chi connectivity index (χ1n) is 9.28. The van der Waals surface area contributed by atoms with Crippen LogP contribution in [0.3, 0.4) is 0 Å². The van der Waals surface area contributed by atoms with Crippen LogP contribution in [0.1, 0.15) is 59.3 Å². The number of unbranched alkanes of at least 4 members (excludes halogenated alkanes) is 1. The van der Waals surface area contributed by atoms with Crippen molar-refractivity contribution in [3.05, 3.63) is 0 Å². The van der Waals surface area contributed by atoms with Gasteiger partial charge in [-0.15, -0.1) is 0 Å². The Kier molecular flexibility index (Phi) is 10.3. The van der Waals surface area contributed by atoms with Crippen LogP contribution in [0.15, 0.2) is 4.99 Å². The summed E-state index contributed by atoms with van der Waals surface area (Å²) in [7, 11) is 2.15. The van der Waals surface area contributed by atoms with Crippen molar-refractivity contribution in [2.75, 3.05) is 39.9 Å². The number of nitrogens with one attached hydrogen (secondary N) is 1. The van der Waals surface area contributed by atoms with Crippen molar-refractivity contribution >= 4 is 5.96 Å². The third-order valence-electron chi connectivity index (χ3n) is 4.41. The predicted molar refractivity (Wildman–Crippen MR) is 95.5 cm³/mol. The van der Waals surface area contributed by atoms with Crippen LogP contribution in [0, 0.1) is 11.8 Å². The highest BCUT2D eigenvalue weighted by Gasteiger charge is 2.19. The summed E-state index contributed by atoms with van der Waals surface area (Å²) in [6.07, 6.45) is 7.66. The fourth-order valence-electron chi connectivity index (χ4n) is 3.11. The van der Waals surface area contributed by atoms with Gasteiger partial charge in [-0.2, -0.15) is 0 Å². The van der Waals surface area contributed by atoms with Crippen LogP contribution in [-0.2, 0) is 4.74 Å². The highest BCUT2D eigenvalue weighted by Crippen LogP contribution is 2.16. The molecule has 0 aromatic rings. The first kappa shape index (κ1) is 19.3. The molecule has 0 bridgehead atoms. The Morgan fingerprint density at radius 2 is 2.09 bits per heavy atom. The normalized spacial score (nSPS) is 20.2. The summed E-state index contributed by atoms with van der Waals surface area (Å²) in [5.41, 5.74) is 0. The van der Waals surface area contributed by atoms with E-state index in [0.717, 1.165) is 44.7 Å².